The normalized spacial score (nSPS) is 12.3. The Morgan fingerprint density at radius 2 is 2.00 bits per heavy atom. The van der Waals surface area contributed by atoms with Gasteiger partial charge >= 0.3 is 0 Å². The van der Waals surface area contributed by atoms with E-state index in [0.29, 0.717) is 11.5 Å². The molecule has 0 fully saturated rings. The van der Waals surface area contributed by atoms with E-state index in [9.17, 15) is 5.11 Å². The van der Waals surface area contributed by atoms with Gasteiger partial charge in [0.05, 0.1) is 20.3 Å². The Hall–Kier alpha value is -1.26. The molecule has 1 rings (SSSR count). The molecule has 4 nitrogen and oxygen atoms in total. The van der Waals surface area contributed by atoms with Crippen LogP contribution >= 0.6 is 0 Å². The Labute approximate surface area is 89.6 Å². The first-order valence-electron chi connectivity index (χ1n) is 4.74. The first-order chi connectivity index (χ1) is 7.13. The van der Waals surface area contributed by atoms with E-state index < -0.39 is 6.10 Å². The minimum absolute atomic E-state index is 0.178. The molecule has 0 spiro atoms. The average molecular weight is 211 g/mol. The van der Waals surface area contributed by atoms with Gasteiger partial charge < -0.3 is 20.3 Å². The molecule has 0 amide bonds. The molecular weight excluding hydrogens is 194 g/mol. The van der Waals surface area contributed by atoms with E-state index >= 15 is 0 Å². The van der Waals surface area contributed by atoms with E-state index in [1.807, 2.05) is 6.92 Å². The molecule has 1 unspecified atom stereocenters. The van der Waals surface area contributed by atoms with Gasteiger partial charge in [-0.25, -0.2) is 0 Å². The van der Waals surface area contributed by atoms with Crippen LogP contribution in [0.2, 0.25) is 0 Å². The summed E-state index contributed by atoms with van der Waals surface area (Å²) < 4.78 is 10.3. The number of aliphatic hydroxyl groups is 1. The zero-order valence-corrected chi connectivity index (χ0v) is 9.28. The van der Waals surface area contributed by atoms with Gasteiger partial charge in [-0.15, -0.1) is 0 Å². The van der Waals surface area contributed by atoms with Crippen molar-refractivity contribution >= 4 is 0 Å². The number of methoxy groups -OCH3 is 2. The highest BCUT2D eigenvalue weighted by Gasteiger charge is 2.14. The molecule has 84 valence electrons. The van der Waals surface area contributed by atoms with Crippen molar-refractivity contribution in [2.45, 2.75) is 13.0 Å². The third-order valence-corrected chi connectivity index (χ3v) is 2.41. The Morgan fingerprint density at radius 3 is 2.47 bits per heavy atom. The van der Waals surface area contributed by atoms with E-state index in [4.69, 9.17) is 15.2 Å². The van der Waals surface area contributed by atoms with Crippen LogP contribution in [0.4, 0.5) is 0 Å². The van der Waals surface area contributed by atoms with Gasteiger partial charge in [-0.2, -0.15) is 0 Å². The fraction of sp³-hybridized carbons (Fsp3) is 0.455. The van der Waals surface area contributed by atoms with Crippen molar-refractivity contribution in [3.8, 4) is 11.5 Å². The molecule has 1 aromatic rings. The highest BCUT2D eigenvalue weighted by Crippen LogP contribution is 2.31. The van der Waals surface area contributed by atoms with E-state index in [-0.39, 0.29) is 6.54 Å². The Morgan fingerprint density at radius 1 is 1.33 bits per heavy atom. The summed E-state index contributed by atoms with van der Waals surface area (Å²) in [6.45, 7) is 2.06. The molecule has 1 atom stereocenters. The molecule has 0 aromatic heterocycles. The number of aliphatic hydroxyl groups excluding tert-OH is 1. The summed E-state index contributed by atoms with van der Waals surface area (Å²) in [7, 11) is 3.16. The first-order valence-corrected chi connectivity index (χ1v) is 4.74. The number of hydrogen-bond donors (Lipinski definition) is 2. The number of nitrogens with two attached hydrogens (primary N) is 1. The number of ether oxygens (including phenoxy) is 2. The molecule has 3 N–H and O–H groups in total. The van der Waals surface area contributed by atoms with E-state index in [0.717, 1.165) is 11.1 Å². The minimum Gasteiger partial charge on any atom is -0.497 e. The van der Waals surface area contributed by atoms with Gasteiger partial charge in [-0.05, 0) is 24.1 Å². The van der Waals surface area contributed by atoms with Crippen LogP contribution < -0.4 is 15.2 Å². The lowest BCUT2D eigenvalue weighted by Crippen LogP contribution is -2.13. The highest BCUT2D eigenvalue weighted by atomic mass is 16.5. The maximum absolute atomic E-state index is 9.71. The standard InChI is InChI=1S/C11H17NO3/c1-7-9(10(13)6-12)4-8(14-2)5-11(7)15-3/h4-5,10,13H,6,12H2,1-3H3. The molecule has 0 heterocycles. The fourth-order valence-corrected chi connectivity index (χ4v) is 1.49. The van der Waals surface area contributed by atoms with Gasteiger partial charge in [0, 0.05) is 12.6 Å². The smallest absolute Gasteiger partial charge is 0.125 e. The van der Waals surface area contributed by atoms with Crippen LogP contribution in [0.3, 0.4) is 0 Å². The van der Waals surface area contributed by atoms with Gasteiger partial charge in [0.15, 0.2) is 0 Å². The molecule has 0 saturated carbocycles. The van der Waals surface area contributed by atoms with Crippen LogP contribution in [0.5, 0.6) is 11.5 Å². The molecule has 0 radical (unpaired) electrons. The van der Waals surface area contributed by atoms with Crippen molar-refractivity contribution in [3.63, 3.8) is 0 Å². The van der Waals surface area contributed by atoms with Gasteiger partial charge in [-0.1, -0.05) is 0 Å². The molecule has 0 aliphatic carbocycles. The average Bonchev–Trinajstić information content (AvgIpc) is 2.28. The van der Waals surface area contributed by atoms with Crippen molar-refractivity contribution in [2.75, 3.05) is 20.8 Å². The minimum atomic E-state index is -0.686. The molecule has 0 aliphatic heterocycles. The first kappa shape index (κ1) is 11.8. The van der Waals surface area contributed by atoms with E-state index in [1.54, 1.807) is 26.4 Å². The van der Waals surface area contributed by atoms with Crippen LogP contribution in [0.1, 0.15) is 17.2 Å². The van der Waals surface area contributed by atoms with Crippen LogP contribution in [0, 0.1) is 6.92 Å². The van der Waals surface area contributed by atoms with Gasteiger partial charge in [0.25, 0.3) is 0 Å². The fourth-order valence-electron chi connectivity index (χ4n) is 1.49. The SMILES string of the molecule is COc1cc(OC)c(C)c(C(O)CN)c1. The molecule has 1 aromatic carbocycles. The Kier molecular flexibility index (Phi) is 3.94. The highest BCUT2D eigenvalue weighted by molar-refractivity contribution is 5.46. The van der Waals surface area contributed by atoms with Crippen LogP contribution in [-0.4, -0.2) is 25.9 Å². The molecule has 0 bridgehead atoms. The summed E-state index contributed by atoms with van der Waals surface area (Å²) in [6.07, 6.45) is -0.686. The van der Waals surface area contributed by atoms with Crippen molar-refractivity contribution in [2.24, 2.45) is 5.73 Å². The quantitative estimate of drug-likeness (QED) is 0.780. The molecule has 0 aliphatic rings. The summed E-state index contributed by atoms with van der Waals surface area (Å²) in [4.78, 5) is 0. The van der Waals surface area contributed by atoms with Gasteiger partial charge in [0.1, 0.15) is 11.5 Å². The summed E-state index contributed by atoms with van der Waals surface area (Å²) in [5.74, 6) is 1.34. The second-order valence-electron chi connectivity index (χ2n) is 3.30. The maximum atomic E-state index is 9.71. The van der Waals surface area contributed by atoms with E-state index in [2.05, 4.69) is 0 Å². The van der Waals surface area contributed by atoms with Crippen molar-refractivity contribution < 1.29 is 14.6 Å². The number of rotatable bonds is 4. The summed E-state index contributed by atoms with van der Waals surface area (Å²) in [6, 6.07) is 3.55. The predicted octanol–water partition coefficient (Wildman–Crippen LogP) is 1.00. The molecule has 0 saturated heterocycles. The lowest BCUT2D eigenvalue weighted by molar-refractivity contribution is 0.185. The topological polar surface area (TPSA) is 64.7 Å². The van der Waals surface area contributed by atoms with Crippen LogP contribution in [0.15, 0.2) is 12.1 Å². The van der Waals surface area contributed by atoms with E-state index in [1.165, 1.54) is 0 Å². The number of hydrogen-bond acceptors (Lipinski definition) is 4. The Balaban J connectivity index is 3.23. The van der Waals surface area contributed by atoms with Crippen LogP contribution in [0.25, 0.3) is 0 Å². The predicted molar refractivity (Wildman–Crippen MR) is 58.3 cm³/mol. The van der Waals surface area contributed by atoms with Crippen LogP contribution in [-0.2, 0) is 0 Å². The van der Waals surface area contributed by atoms with Crippen molar-refractivity contribution in [1.29, 1.82) is 0 Å². The summed E-state index contributed by atoms with van der Waals surface area (Å²) in [5, 5.41) is 9.71. The third-order valence-electron chi connectivity index (χ3n) is 2.41. The Bertz CT molecular complexity index is 339. The zero-order valence-electron chi connectivity index (χ0n) is 9.28. The second-order valence-corrected chi connectivity index (χ2v) is 3.30. The summed E-state index contributed by atoms with van der Waals surface area (Å²) >= 11 is 0. The van der Waals surface area contributed by atoms with Gasteiger partial charge in [-0.3, -0.25) is 0 Å². The lowest BCUT2D eigenvalue weighted by atomic mass is 10.0. The molecular formula is C11H17NO3. The monoisotopic (exact) mass is 211 g/mol. The second kappa shape index (κ2) is 5.00. The van der Waals surface area contributed by atoms with Crippen molar-refractivity contribution in [3.05, 3.63) is 23.3 Å². The zero-order chi connectivity index (χ0) is 11.4. The largest absolute Gasteiger partial charge is 0.497 e. The van der Waals surface area contributed by atoms with Crippen molar-refractivity contribution in [1.82, 2.24) is 0 Å². The lowest BCUT2D eigenvalue weighted by Gasteiger charge is -2.16. The summed E-state index contributed by atoms with van der Waals surface area (Å²) in [5.41, 5.74) is 7.05. The molecule has 4 heteroatoms. The van der Waals surface area contributed by atoms with Gasteiger partial charge in [0.2, 0.25) is 0 Å². The number of benzene rings is 1. The third kappa shape index (κ3) is 2.40. The maximum Gasteiger partial charge on any atom is 0.125 e. The molecule has 15 heavy (non-hydrogen) atoms.